The Morgan fingerprint density at radius 2 is 1.44 bits per heavy atom. The van der Waals surface area contributed by atoms with E-state index in [0.717, 1.165) is 5.56 Å². The lowest BCUT2D eigenvalue weighted by Gasteiger charge is -2.35. The number of sulfonamides is 1. The van der Waals surface area contributed by atoms with Gasteiger partial charge >= 0.3 is 0 Å². The van der Waals surface area contributed by atoms with Crippen LogP contribution in [0, 0.1) is 6.92 Å². The molecular formula is C19H19F4NO2S. The first-order valence-corrected chi connectivity index (χ1v) is 9.93. The Balaban J connectivity index is 1.98. The monoisotopic (exact) mass is 401 g/mol. The van der Waals surface area contributed by atoms with Crippen LogP contribution in [0.3, 0.4) is 0 Å². The van der Waals surface area contributed by atoms with Gasteiger partial charge in [-0.2, -0.15) is 0 Å². The molecule has 2 aromatic rings. The van der Waals surface area contributed by atoms with Gasteiger partial charge in [0.15, 0.2) is 0 Å². The Kier molecular flexibility index (Phi) is 5.46. The predicted octanol–water partition coefficient (Wildman–Crippen LogP) is 4.64. The van der Waals surface area contributed by atoms with E-state index in [1.807, 2.05) is 0 Å². The number of alkyl halides is 4. The van der Waals surface area contributed by atoms with Crippen molar-refractivity contribution in [3.8, 4) is 0 Å². The maximum atomic E-state index is 14.4. The SMILES string of the molecule is Cc1ccc(S(=O)(=O)Nc2ccccc2C2C(F)C(F)CC(F)C2F)cc1. The van der Waals surface area contributed by atoms with E-state index in [9.17, 15) is 26.0 Å². The third-order valence-electron chi connectivity index (χ3n) is 4.72. The lowest BCUT2D eigenvalue weighted by Crippen LogP contribution is -2.44. The molecule has 1 aliphatic rings. The van der Waals surface area contributed by atoms with E-state index in [0.29, 0.717) is 0 Å². The van der Waals surface area contributed by atoms with E-state index in [4.69, 9.17) is 0 Å². The second-order valence-corrected chi connectivity index (χ2v) is 8.37. The van der Waals surface area contributed by atoms with Crippen LogP contribution < -0.4 is 4.72 Å². The van der Waals surface area contributed by atoms with Crippen molar-refractivity contribution in [3.05, 3.63) is 59.7 Å². The molecule has 1 saturated carbocycles. The van der Waals surface area contributed by atoms with Gasteiger partial charge in [0.25, 0.3) is 10.0 Å². The van der Waals surface area contributed by atoms with E-state index in [-0.39, 0.29) is 16.1 Å². The van der Waals surface area contributed by atoms with Crippen molar-refractivity contribution in [2.45, 2.75) is 48.8 Å². The zero-order chi connectivity index (χ0) is 19.8. The smallest absolute Gasteiger partial charge is 0.261 e. The van der Waals surface area contributed by atoms with Crippen LogP contribution in [0.2, 0.25) is 0 Å². The Hall–Kier alpha value is -2.09. The molecule has 0 heterocycles. The summed E-state index contributed by atoms with van der Waals surface area (Å²) in [5, 5.41) is 0. The van der Waals surface area contributed by atoms with Crippen LogP contribution in [0.15, 0.2) is 53.4 Å². The molecule has 146 valence electrons. The fourth-order valence-electron chi connectivity index (χ4n) is 3.25. The highest BCUT2D eigenvalue weighted by Gasteiger charge is 2.48. The molecule has 0 amide bonds. The molecule has 4 atom stereocenters. The van der Waals surface area contributed by atoms with Gasteiger partial charge < -0.3 is 0 Å². The normalized spacial score (nSPS) is 28.7. The van der Waals surface area contributed by atoms with Crippen LogP contribution in [0.25, 0.3) is 0 Å². The van der Waals surface area contributed by atoms with E-state index in [1.54, 1.807) is 19.1 Å². The fourth-order valence-corrected chi connectivity index (χ4v) is 4.33. The van der Waals surface area contributed by atoms with Gasteiger partial charge in [-0.05, 0) is 30.7 Å². The Morgan fingerprint density at radius 1 is 0.889 bits per heavy atom. The van der Waals surface area contributed by atoms with Gasteiger partial charge in [0.1, 0.15) is 24.7 Å². The van der Waals surface area contributed by atoms with Crippen molar-refractivity contribution in [2.24, 2.45) is 0 Å². The van der Waals surface area contributed by atoms with Gasteiger partial charge in [0, 0.05) is 6.42 Å². The number of aryl methyl sites for hydroxylation is 1. The minimum Gasteiger partial charge on any atom is -0.279 e. The van der Waals surface area contributed by atoms with E-state index in [2.05, 4.69) is 4.72 Å². The second kappa shape index (κ2) is 7.50. The van der Waals surface area contributed by atoms with E-state index >= 15 is 0 Å². The van der Waals surface area contributed by atoms with Crippen LogP contribution >= 0.6 is 0 Å². The van der Waals surface area contributed by atoms with Crippen molar-refractivity contribution < 1.29 is 26.0 Å². The molecule has 0 radical (unpaired) electrons. The summed E-state index contributed by atoms with van der Waals surface area (Å²) in [5.74, 6) is -1.74. The fraction of sp³-hybridized carbons (Fsp3) is 0.368. The van der Waals surface area contributed by atoms with Gasteiger partial charge in [-0.25, -0.2) is 26.0 Å². The Labute approximate surface area is 155 Å². The van der Waals surface area contributed by atoms with Crippen molar-refractivity contribution in [1.29, 1.82) is 0 Å². The maximum absolute atomic E-state index is 14.4. The average Bonchev–Trinajstić information content (AvgIpc) is 2.62. The van der Waals surface area contributed by atoms with Crippen LogP contribution in [0.1, 0.15) is 23.5 Å². The summed E-state index contributed by atoms with van der Waals surface area (Å²) in [4.78, 5) is -0.0353. The molecule has 2 aromatic carbocycles. The number of hydrogen-bond donors (Lipinski definition) is 1. The van der Waals surface area contributed by atoms with Gasteiger partial charge in [-0.3, -0.25) is 4.72 Å². The molecule has 0 bridgehead atoms. The number of halogens is 4. The second-order valence-electron chi connectivity index (χ2n) is 6.69. The zero-order valence-corrected chi connectivity index (χ0v) is 15.3. The van der Waals surface area contributed by atoms with Crippen molar-refractivity contribution >= 4 is 15.7 Å². The highest BCUT2D eigenvalue weighted by Crippen LogP contribution is 2.43. The molecule has 8 heteroatoms. The van der Waals surface area contributed by atoms with Crippen LogP contribution in [-0.2, 0) is 10.0 Å². The van der Waals surface area contributed by atoms with Crippen molar-refractivity contribution in [3.63, 3.8) is 0 Å². The Morgan fingerprint density at radius 3 is 2.04 bits per heavy atom. The molecule has 1 fully saturated rings. The summed E-state index contributed by atoms with van der Waals surface area (Å²) in [5.41, 5.74) is 0.646. The topological polar surface area (TPSA) is 46.2 Å². The van der Waals surface area contributed by atoms with E-state index < -0.39 is 47.0 Å². The molecular weight excluding hydrogens is 382 g/mol. The molecule has 0 spiro atoms. The first kappa shape index (κ1) is 19.7. The van der Waals surface area contributed by atoms with Crippen LogP contribution in [0.4, 0.5) is 23.2 Å². The lowest BCUT2D eigenvalue weighted by atomic mass is 9.78. The van der Waals surface area contributed by atoms with Crippen molar-refractivity contribution in [2.75, 3.05) is 4.72 Å². The standard InChI is InChI=1S/C19H19F4NO2S/c1-11-6-8-12(9-7-11)27(25,26)24-16-5-3-2-4-13(16)17-18(22)14(20)10-15(21)19(17)23/h2-9,14-15,17-19,24H,10H2,1H3. The molecule has 3 rings (SSSR count). The maximum Gasteiger partial charge on any atom is 0.261 e. The summed E-state index contributed by atoms with van der Waals surface area (Å²) in [6.07, 6.45) is -9.69. The summed E-state index contributed by atoms with van der Waals surface area (Å²) < 4.78 is 83.8. The third kappa shape index (κ3) is 3.95. The van der Waals surface area contributed by atoms with Crippen LogP contribution in [-0.4, -0.2) is 33.1 Å². The highest BCUT2D eigenvalue weighted by atomic mass is 32.2. The number of anilines is 1. The number of para-hydroxylation sites is 1. The highest BCUT2D eigenvalue weighted by molar-refractivity contribution is 7.92. The quantitative estimate of drug-likeness (QED) is 0.759. The van der Waals surface area contributed by atoms with Crippen molar-refractivity contribution in [1.82, 2.24) is 0 Å². The molecule has 3 nitrogen and oxygen atoms in total. The van der Waals surface area contributed by atoms with Gasteiger partial charge in [0.05, 0.1) is 16.5 Å². The molecule has 27 heavy (non-hydrogen) atoms. The van der Waals surface area contributed by atoms with E-state index in [1.165, 1.54) is 36.4 Å². The number of benzene rings is 2. The summed E-state index contributed by atoms with van der Waals surface area (Å²) in [6, 6.07) is 11.5. The predicted molar refractivity (Wildman–Crippen MR) is 95.4 cm³/mol. The molecule has 1 aliphatic carbocycles. The lowest BCUT2D eigenvalue weighted by molar-refractivity contribution is -0.00549. The summed E-state index contributed by atoms with van der Waals surface area (Å²) in [6.45, 7) is 1.80. The minimum absolute atomic E-state index is 0.0353. The average molecular weight is 401 g/mol. The number of rotatable bonds is 4. The first-order valence-electron chi connectivity index (χ1n) is 8.45. The minimum atomic E-state index is -4.04. The molecule has 4 unspecified atom stereocenters. The molecule has 0 aliphatic heterocycles. The summed E-state index contributed by atoms with van der Waals surface area (Å²) >= 11 is 0. The molecule has 0 saturated heterocycles. The zero-order valence-electron chi connectivity index (χ0n) is 14.4. The van der Waals surface area contributed by atoms with Crippen LogP contribution in [0.5, 0.6) is 0 Å². The summed E-state index contributed by atoms with van der Waals surface area (Å²) in [7, 11) is -4.04. The van der Waals surface area contributed by atoms with Gasteiger partial charge in [-0.15, -0.1) is 0 Å². The first-order chi connectivity index (χ1) is 12.7. The molecule has 0 aromatic heterocycles. The van der Waals surface area contributed by atoms with Gasteiger partial charge in [-0.1, -0.05) is 35.9 Å². The van der Waals surface area contributed by atoms with Gasteiger partial charge in [0.2, 0.25) is 0 Å². The molecule has 1 N–H and O–H groups in total. The number of hydrogen-bond acceptors (Lipinski definition) is 2. The largest absolute Gasteiger partial charge is 0.279 e. The third-order valence-corrected chi connectivity index (χ3v) is 6.10. The number of nitrogens with one attached hydrogen (secondary N) is 1. The Bertz CT molecular complexity index is 890.